The average Bonchev–Trinajstić information content (AvgIpc) is 3.32. The van der Waals surface area contributed by atoms with Gasteiger partial charge >= 0.3 is 0 Å². The fourth-order valence-corrected chi connectivity index (χ4v) is 3.00. The Morgan fingerprint density at radius 2 is 1.80 bits per heavy atom. The van der Waals surface area contributed by atoms with Crippen LogP contribution in [0.5, 0.6) is 5.75 Å². The number of hydrogen-bond acceptors (Lipinski definition) is 3. The molecule has 0 unspecified atom stereocenters. The zero-order chi connectivity index (χ0) is 20.8. The summed E-state index contributed by atoms with van der Waals surface area (Å²) in [7, 11) is 0. The van der Waals surface area contributed by atoms with E-state index in [-0.39, 0.29) is 18.3 Å². The molecule has 0 saturated carbocycles. The van der Waals surface area contributed by atoms with Gasteiger partial charge in [-0.15, -0.1) is 0 Å². The molecule has 0 spiro atoms. The number of halogens is 1. The molecule has 1 heterocycles. The van der Waals surface area contributed by atoms with Gasteiger partial charge < -0.3 is 14.6 Å². The van der Waals surface area contributed by atoms with Gasteiger partial charge in [-0.2, -0.15) is 0 Å². The van der Waals surface area contributed by atoms with Crippen LogP contribution in [0.1, 0.15) is 21.5 Å². The van der Waals surface area contributed by atoms with E-state index in [4.69, 9.17) is 4.74 Å². The number of carbonyl (C=O) groups is 1. The van der Waals surface area contributed by atoms with Crippen LogP contribution in [-0.4, -0.2) is 15.5 Å². The molecule has 4 aromatic rings. The zero-order valence-corrected chi connectivity index (χ0v) is 16.2. The maximum atomic E-state index is 14.3. The molecule has 150 valence electrons. The number of carbonyl (C=O) groups excluding carboxylic acids is 1. The summed E-state index contributed by atoms with van der Waals surface area (Å²) >= 11 is 0. The van der Waals surface area contributed by atoms with Gasteiger partial charge in [0, 0.05) is 24.5 Å². The van der Waals surface area contributed by atoms with Crippen molar-refractivity contribution >= 4 is 5.91 Å². The van der Waals surface area contributed by atoms with Crippen LogP contribution >= 0.6 is 0 Å². The predicted octanol–water partition coefficient (Wildman–Crippen LogP) is 4.52. The first-order chi connectivity index (χ1) is 14.7. The highest BCUT2D eigenvalue weighted by Gasteiger charge is 2.09. The molecule has 0 aliphatic carbocycles. The second-order valence-electron chi connectivity index (χ2n) is 6.74. The van der Waals surface area contributed by atoms with Crippen molar-refractivity contribution in [2.24, 2.45) is 0 Å². The minimum Gasteiger partial charge on any atom is -0.489 e. The number of imidazole rings is 1. The Hall–Kier alpha value is -3.93. The molecule has 4 rings (SSSR count). The Labute approximate surface area is 173 Å². The molecule has 3 aromatic carbocycles. The molecule has 0 aliphatic heterocycles. The number of nitrogens with zero attached hydrogens (tertiary/aromatic N) is 2. The van der Waals surface area contributed by atoms with E-state index in [0.717, 1.165) is 5.56 Å². The van der Waals surface area contributed by atoms with Crippen molar-refractivity contribution in [3.8, 4) is 11.4 Å². The Balaban J connectivity index is 1.32. The van der Waals surface area contributed by atoms with Crippen molar-refractivity contribution in [2.75, 3.05) is 0 Å². The van der Waals surface area contributed by atoms with Crippen molar-refractivity contribution in [3.63, 3.8) is 0 Å². The summed E-state index contributed by atoms with van der Waals surface area (Å²) in [5.74, 6) is 0.0796. The molecular weight excluding hydrogens is 381 g/mol. The first-order valence-corrected chi connectivity index (χ1v) is 9.51. The fraction of sp³-hybridized carbons (Fsp3) is 0.0833. The number of nitrogens with one attached hydrogen (secondary N) is 1. The number of aromatic nitrogens is 2. The molecule has 0 aliphatic rings. The molecule has 30 heavy (non-hydrogen) atoms. The van der Waals surface area contributed by atoms with Crippen LogP contribution in [0.2, 0.25) is 0 Å². The van der Waals surface area contributed by atoms with Crippen LogP contribution in [0.15, 0.2) is 91.5 Å². The van der Waals surface area contributed by atoms with E-state index in [1.165, 1.54) is 12.4 Å². The van der Waals surface area contributed by atoms with E-state index in [9.17, 15) is 9.18 Å². The number of amides is 1. The Morgan fingerprint density at radius 3 is 2.50 bits per heavy atom. The summed E-state index contributed by atoms with van der Waals surface area (Å²) in [6, 6.07) is 21.7. The summed E-state index contributed by atoms with van der Waals surface area (Å²) in [5.41, 5.74) is 2.67. The summed E-state index contributed by atoms with van der Waals surface area (Å²) in [5, 5.41) is 2.81. The molecule has 0 saturated heterocycles. The number of ether oxygens (including phenoxy) is 1. The monoisotopic (exact) mass is 401 g/mol. The van der Waals surface area contributed by atoms with Crippen molar-refractivity contribution < 1.29 is 13.9 Å². The van der Waals surface area contributed by atoms with Crippen molar-refractivity contribution in [2.45, 2.75) is 13.2 Å². The molecule has 0 bridgehead atoms. The zero-order valence-electron chi connectivity index (χ0n) is 16.2. The van der Waals surface area contributed by atoms with Gasteiger partial charge in [0.1, 0.15) is 18.2 Å². The lowest BCUT2D eigenvalue weighted by Gasteiger charge is -2.09. The lowest BCUT2D eigenvalue weighted by Crippen LogP contribution is -2.22. The molecule has 6 heteroatoms. The quantitative estimate of drug-likeness (QED) is 0.495. The highest BCUT2D eigenvalue weighted by atomic mass is 19.1. The first-order valence-electron chi connectivity index (χ1n) is 9.51. The van der Waals surface area contributed by atoms with Gasteiger partial charge in [-0.25, -0.2) is 9.37 Å². The number of benzene rings is 3. The van der Waals surface area contributed by atoms with E-state index in [2.05, 4.69) is 10.3 Å². The fourth-order valence-electron chi connectivity index (χ4n) is 3.00. The lowest BCUT2D eigenvalue weighted by atomic mass is 10.1. The average molecular weight is 401 g/mol. The molecule has 1 N–H and O–H groups in total. The second kappa shape index (κ2) is 9.05. The maximum Gasteiger partial charge on any atom is 0.251 e. The molecule has 1 aromatic heterocycles. The molecule has 5 nitrogen and oxygen atoms in total. The lowest BCUT2D eigenvalue weighted by molar-refractivity contribution is 0.0951. The molecule has 0 radical (unpaired) electrons. The second-order valence-corrected chi connectivity index (χ2v) is 6.74. The van der Waals surface area contributed by atoms with Gasteiger partial charge in [0.25, 0.3) is 5.91 Å². The van der Waals surface area contributed by atoms with E-state index >= 15 is 0 Å². The van der Waals surface area contributed by atoms with Crippen molar-refractivity contribution in [3.05, 3.63) is 114 Å². The third-order valence-corrected chi connectivity index (χ3v) is 4.61. The summed E-state index contributed by atoms with van der Waals surface area (Å²) in [6.45, 7) is 0.694. The van der Waals surface area contributed by atoms with Crippen LogP contribution in [0.3, 0.4) is 0 Å². The standard InChI is InChI=1S/C24H20FN3O2/c25-22-14-19(6-11-23(22)28-13-12-26-17-28)15-27-24(29)20-7-9-21(10-8-20)30-16-18-4-2-1-3-5-18/h1-14,17H,15-16H2,(H,27,29). The molecule has 0 fully saturated rings. The highest BCUT2D eigenvalue weighted by molar-refractivity contribution is 5.94. The van der Waals surface area contributed by atoms with Crippen molar-refractivity contribution in [1.29, 1.82) is 0 Å². The summed E-state index contributed by atoms with van der Waals surface area (Å²) in [4.78, 5) is 16.3. The SMILES string of the molecule is O=C(NCc1ccc(-n2ccnc2)c(F)c1)c1ccc(OCc2ccccc2)cc1. The van der Waals surface area contributed by atoms with Gasteiger partial charge in [-0.3, -0.25) is 4.79 Å². The van der Waals surface area contributed by atoms with E-state index in [1.807, 2.05) is 30.3 Å². The minimum atomic E-state index is -0.375. The Kier molecular flexibility index (Phi) is 5.85. The van der Waals surface area contributed by atoms with Gasteiger partial charge in [-0.1, -0.05) is 36.4 Å². The Morgan fingerprint density at radius 1 is 1.00 bits per heavy atom. The third kappa shape index (κ3) is 4.72. The highest BCUT2D eigenvalue weighted by Crippen LogP contribution is 2.16. The van der Waals surface area contributed by atoms with Crippen LogP contribution < -0.4 is 10.1 Å². The normalized spacial score (nSPS) is 10.6. The van der Waals surface area contributed by atoms with Crippen LogP contribution in [0.4, 0.5) is 4.39 Å². The smallest absolute Gasteiger partial charge is 0.251 e. The van der Waals surface area contributed by atoms with Gasteiger partial charge in [0.15, 0.2) is 0 Å². The number of hydrogen-bond donors (Lipinski definition) is 1. The summed E-state index contributed by atoms with van der Waals surface area (Å²) < 4.78 is 21.7. The molecule has 0 atom stereocenters. The molecule has 1 amide bonds. The molecular formula is C24H20FN3O2. The van der Waals surface area contributed by atoms with Crippen LogP contribution in [0.25, 0.3) is 5.69 Å². The third-order valence-electron chi connectivity index (χ3n) is 4.61. The summed E-state index contributed by atoms with van der Waals surface area (Å²) in [6.07, 6.45) is 4.80. The topological polar surface area (TPSA) is 56.2 Å². The van der Waals surface area contributed by atoms with Gasteiger partial charge in [0.05, 0.1) is 12.0 Å². The predicted molar refractivity (Wildman–Crippen MR) is 112 cm³/mol. The largest absolute Gasteiger partial charge is 0.489 e. The van der Waals surface area contributed by atoms with Gasteiger partial charge in [0.2, 0.25) is 0 Å². The van der Waals surface area contributed by atoms with Gasteiger partial charge in [-0.05, 0) is 47.5 Å². The first kappa shape index (κ1) is 19.4. The minimum absolute atomic E-state index is 0.228. The van der Waals surface area contributed by atoms with Crippen LogP contribution in [0, 0.1) is 5.82 Å². The van der Waals surface area contributed by atoms with Crippen molar-refractivity contribution in [1.82, 2.24) is 14.9 Å². The maximum absolute atomic E-state index is 14.3. The van der Waals surface area contributed by atoms with E-state index in [1.54, 1.807) is 53.4 Å². The van der Waals surface area contributed by atoms with Crippen LogP contribution in [-0.2, 0) is 13.2 Å². The van der Waals surface area contributed by atoms with E-state index in [0.29, 0.717) is 29.2 Å². The number of rotatable bonds is 7. The Bertz CT molecular complexity index is 1110. The van der Waals surface area contributed by atoms with E-state index < -0.39 is 0 Å².